The predicted octanol–water partition coefficient (Wildman–Crippen LogP) is 3.48. The lowest BCUT2D eigenvalue weighted by Crippen LogP contribution is -2.35. The van der Waals surface area contributed by atoms with Crippen LogP contribution < -0.4 is 4.74 Å². The molecule has 0 aliphatic heterocycles. The molecule has 2 bridgehead atoms. The van der Waals surface area contributed by atoms with Crippen molar-refractivity contribution < 1.29 is 9.53 Å². The molecular formula is C18H25NO2. The summed E-state index contributed by atoms with van der Waals surface area (Å²) in [6.07, 6.45) is 5.01. The van der Waals surface area contributed by atoms with Crippen LogP contribution in [0, 0.1) is 17.8 Å². The van der Waals surface area contributed by atoms with Crippen LogP contribution in [0.3, 0.4) is 0 Å². The van der Waals surface area contributed by atoms with Gasteiger partial charge in [0, 0.05) is 19.5 Å². The van der Waals surface area contributed by atoms with E-state index in [1.54, 1.807) is 0 Å². The summed E-state index contributed by atoms with van der Waals surface area (Å²) in [7, 11) is 1.94. The van der Waals surface area contributed by atoms with Gasteiger partial charge >= 0.3 is 0 Å². The van der Waals surface area contributed by atoms with E-state index in [0.29, 0.717) is 25.0 Å². The maximum absolute atomic E-state index is 12.6. The molecule has 0 spiro atoms. The van der Waals surface area contributed by atoms with Crippen molar-refractivity contribution in [2.24, 2.45) is 17.8 Å². The van der Waals surface area contributed by atoms with E-state index >= 15 is 0 Å². The van der Waals surface area contributed by atoms with E-state index in [0.717, 1.165) is 23.7 Å². The number of carbonyl (C=O) groups is 1. The van der Waals surface area contributed by atoms with Gasteiger partial charge in [0.25, 0.3) is 0 Å². The average Bonchev–Trinajstić information content (AvgIpc) is 3.11. The van der Waals surface area contributed by atoms with E-state index in [2.05, 4.69) is 12.1 Å². The van der Waals surface area contributed by atoms with Gasteiger partial charge in [-0.2, -0.15) is 0 Å². The molecule has 1 aromatic rings. The number of hydrogen-bond acceptors (Lipinski definition) is 2. The highest BCUT2D eigenvalue weighted by molar-refractivity contribution is 5.79. The maximum Gasteiger partial charge on any atom is 0.226 e. The zero-order valence-electron chi connectivity index (χ0n) is 13.0. The average molecular weight is 287 g/mol. The van der Waals surface area contributed by atoms with Crippen LogP contribution in [0.15, 0.2) is 24.3 Å². The molecule has 0 radical (unpaired) electrons. The standard InChI is InChI=1S/C18H25NO2/c1-3-21-16-8-5-13(6-9-16)12-19(2)18(20)17-11-14-4-7-15(17)10-14/h5-6,8-9,14-15,17H,3-4,7,10-12H2,1-2H3. The van der Waals surface area contributed by atoms with Crippen LogP contribution in [0.25, 0.3) is 0 Å². The number of ether oxygens (including phenoxy) is 1. The molecule has 2 saturated carbocycles. The first-order valence-corrected chi connectivity index (χ1v) is 8.14. The van der Waals surface area contributed by atoms with Crippen molar-refractivity contribution >= 4 is 5.91 Å². The van der Waals surface area contributed by atoms with E-state index < -0.39 is 0 Å². The number of nitrogens with zero attached hydrogens (tertiary/aromatic N) is 1. The Bertz CT molecular complexity index is 496. The second-order valence-electron chi connectivity index (χ2n) is 6.55. The van der Waals surface area contributed by atoms with Crippen LogP contribution in [-0.2, 0) is 11.3 Å². The van der Waals surface area contributed by atoms with E-state index in [1.807, 2.05) is 31.0 Å². The second-order valence-corrected chi connectivity index (χ2v) is 6.55. The van der Waals surface area contributed by atoms with Crippen LogP contribution in [0.2, 0.25) is 0 Å². The number of benzene rings is 1. The van der Waals surface area contributed by atoms with Crippen LogP contribution in [0.4, 0.5) is 0 Å². The Labute approximate surface area is 127 Å². The fourth-order valence-electron chi connectivity index (χ4n) is 4.04. The zero-order valence-corrected chi connectivity index (χ0v) is 13.0. The molecule has 114 valence electrons. The van der Waals surface area contributed by atoms with E-state index in [-0.39, 0.29) is 5.92 Å². The number of amides is 1. The smallest absolute Gasteiger partial charge is 0.226 e. The predicted molar refractivity (Wildman–Crippen MR) is 83.0 cm³/mol. The van der Waals surface area contributed by atoms with Gasteiger partial charge in [-0.1, -0.05) is 18.6 Å². The summed E-state index contributed by atoms with van der Waals surface area (Å²) in [5, 5.41) is 0. The van der Waals surface area contributed by atoms with Crippen molar-refractivity contribution in [2.45, 2.75) is 39.2 Å². The van der Waals surface area contributed by atoms with Gasteiger partial charge in [-0.3, -0.25) is 4.79 Å². The summed E-state index contributed by atoms with van der Waals surface area (Å²) in [5.41, 5.74) is 1.16. The fourth-order valence-corrected chi connectivity index (χ4v) is 4.04. The van der Waals surface area contributed by atoms with Crippen LogP contribution >= 0.6 is 0 Å². The molecule has 2 aliphatic carbocycles. The monoisotopic (exact) mass is 287 g/mol. The Balaban J connectivity index is 1.58. The van der Waals surface area contributed by atoms with Gasteiger partial charge in [0.05, 0.1) is 6.61 Å². The van der Waals surface area contributed by atoms with Crippen LogP contribution in [-0.4, -0.2) is 24.5 Å². The summed E-state index contributed by atoms with van der Waals surface area (Å²) in [6, 6.07) is 8.06. The highest BCUT2D eigenvalue weighted by atomic mass is 16.5. The molecule has 3 heteroatoms. The van der Waals surface area contributed by atoms with Crippen molar-refractivity contribution in [1.29, 1.82) is 0 Å². The molecule has 0 aromatic heterocycles. The summed E-state index contributed by atoms with van der Waals surface area (Å²) in [5.74, 6) is 3.00. The minimum atomic E-state index is 0.288. The number of carbonyl (C=O) groups excluding carboxylic acids is 1. The first-order chi connectivity index (χ1) is 10.2. The van der Waals surface area contributed by atoms with Crippen LogP contribution in [0.1, 0.15) is 38.2 Å². The van der Waals surface area contributed by atoms with Gasteiger partial charge in [-0.05, 0) is 55.7 Å². The SMILES string of the molecule is CCOc1ccc(CN(C)C(=O)C2CC3CCC2C3)cc1. The van der Waals surface area contributed by atoms with Crippen molar-refractivity contribution in [3.63, 3.8) is 0 Å². The van der Waals surface area contributed by atoms with E-state index in [4.69, 9.17) is 4.74 Å². The van der Waals surface area contributed by atoms with E-state index in [1.165, 1.54) is 19.3 Å². The highest BCUT2D eigenvalue weighted by Gasteiger charge is 2.43. The van der Waals surface area contributed by atoms with Crippen LogP contribution in [0.5, 0.6) is 5.75 Å². The molecule has 2 fully saturated rings. The normalized spacial score (nSPS) is 26.9. The lowest BCUT2D eigenvalue weighted by Gasteiger charge is -2.26. The number of hydrogen-bond donors (Lipinski definition) is 0. The molecule has 1 aromatic carbocycles. The van der Waals surface area contributed by atoms with Gasteiger partial charge in [0.1, 0.15) is 5.75 Å². The van der Waals surface area contributed by atoms with Gasteiger partial charge in [-0.25, -0.2) is 0 Å². The van der Waals surface area contributed by atoms with E-state index in [9.17, 15) is 4.79 Å². The molecule has 3 atom stereocenters. The second kappa shape index (κ2) is 6.08. The first kappa shape index (κ1) is 14.4. The van der Waals surface area contributed by atoms with Gasteiger partial charge in [0.2, 0.25) is 5.91 Å². The molecule has 1 amide bonds. The summed E-state index contributed by atoms with van der Waals surface area (Å²) in [4.78, 5) is 14.5. The third kappa shape index (κ3) is 3.07. The molecule has 3 rings (SSSR count). The van der Waals surface area contributed by atoms with Gasteiger partial charge < -0.3 is 9.64 Å². The van der Waals surface area contributed by atoms with Gasteiger partial charge in [-0.15, -0.1) is 0 Å². The molecule has 3 unspecified atom stereocenters. The van der Waals surface area contributed by atoms with Crippen molar-refractivity contribution in [2.75, 3.05) is 13.7 Å². The quantitative estimate of drug-likeness (QED) is 0.830. The molecule has 21 heavy (non-hydrogen) atoms. The Morgan fingerprint density at radius 2 is 2.00 bits per heavy atom. The topological polar surface area (TPSA) is 29.5 Å². The molecule has 0 heterocycles. The Hall–Kier alpha value is -1.51. The minimum absolute atomic E-state index is 0.288. The van der Waals surface area contributed by atoms with Crippen molar-refractivity contribution in [3.05, 3.63) is 29.8 Å². The summed E-state index contributed by atoms with van der Waals surface area (Å²) >= 11 is 0. The molecular weight excluding hydrogens is 262 g/mol. The zero-order chi connectivity index (χ0) is 14.8. The summed E-state index contributed by atoms with van der Waals surface area (Å²) in [6.45, 7) is 3.36. The molecule has 0 N–H and O–H groups in total. The largest absolute Gasteiger partial charge is 0.494 e. The summed E-state index contributed by atoms with van der Waals surface area (Å²) < 4.78 is 5.45. The minimum Gasteiger partial charge on any atom is -0.494 e. The van der Waals surface area contributed by atoms with Gasteiger partial charge in [0.15, 0.2) is 0 Å². The Morgan fingerprint density at radius 1 is 1.24 bits per heavy atom. The van der Waals surface area contributed by atoms with Crippen molar-refractivity contribution in [1.82, 2.24) is 4.90 Å². The lowest BCUT2D eigenvalue weighted by molar-refractivity contribution is -0.136. The highest BCUT2D eigenvalue weighted by Crippen LogP contribution is 2.48. The van der Waals surface area contributed by atoms with Crippen molar-refractivity contribution in [3.8, 4) is 5.75 Å². The molecule has 2 aliphatic rings. The fraction of sp³-hybridized carbons (Fsp3) is 0.611. The maximum atomic E-state index is 12.6. The Kier molecular flexibility index (Phi) is 4.18. The number of rotatable bonds is 5. The molecule has 0 saturated heterocycles. The third-order valence-electron chi connectivity index (χ3n) is 5.09. The molecule has 3 nitrogen and oxygen atoms in total. The third-order valence-corrected chi connectivity index (χ3v) is 5.09. The first-order valence-electron chi connectivity index (χ1n) is 8.14. The Morgan fingerprint density at radius 3 is 2.57 bits per heavy atom. The lowest BCUT2D eigenvalue weighted by atomic mass is 9.88. The number of fused-ring (bicyclic) bond motifs is 2.